The number of carbonyl (C=O) groups excluding carboxylic acids is 1. The van der Waals surface area contributed by atoms with Crippen LogP contribution in [0, 0.1) is 17.5 Å². The fourth-order valence-corrected chi connectivity index (χ4v) is 3.28. The van der Waals surface area contributed by atoms with Gasteiger partial charge >= 0.3 is 0 Å². The largest absolute Gasteiger partial charge is 0.344 e. The molecule has 2 rings (SSSR count). The van der Waals surface area contributed by atoms with Gasteiger partial charge in [-0.15, -0.1) is 0 Å². The minimum absolute atomic E-state index is 0. The fourth-order valence-electron chi connectivity index (χ4n) is 1.39. The van der Waals surface area contributed by atoms with Crippen LogP contribution in [-0.4, -0.2) is 21.5 Å². The van der Waals surface area contributed by atoms with Gasteiger partial charge in [0.2, 0.25) is 0 Å². The molecule has 3 N–H and O–H groups in total. The molecule has 0 radical (unpaired) electrons. The molecular weight excluding hydrogens is 277 g/mol. The maximum absolute atomic E-state index is 13.3. The van der Waals surface area contributed by atoms with Gasteiger partial charge in [-0.05, 0) is 6.07 Å². The lowest BCUT2D eigenvalue weighted by molar-refractivity contribution is 0.0889. The highest BCUT2D eigenvalue weighted by molar-refractivity contribution is 8.32. The molecule has 1 aromatic rings. The first-order chi connectivity index (χ1) is 7.28. The number of fused-ring (bicyclic) bond motifs is 1. The van der Waals surface area contributed by atoms with E-state index in [2.05, 4.69) is 11.2 Å². The van der Waals surface area contributed by atoms with E-state index in [9.17, 15) is 22.2 Å². The van der Waals surface area contributed by atoms with Gasteiger partial charge in [0.05, 0.1) is 10.5 Å². The highest BCUT2D eigenvalue weighted by atomic mass is 32.8. The highest BCUT2D eigenvalue weighted by Gasteiger charge is 2.40. The number of rotatable bonds is 0. The summed E-state index contributed by atoms with van der Waals surface area (Å²) >= 11 is 4.60. The van der Waals surface area contributed by atoms with E-state index >= 15 is 0 Å². The van der Waals surface area contributed by atoms with Crippen molar-refractivity contribution in [3.05, 3.63) is 29.1 Å². The van der Waals surface area contributed by atoms with Crippen molar-refractivity contribution < 1.29 is 22.2 Å². The predicted molar refractivity (Wildman–Crippen MR) is 57.2 cm³/mol. The molecule has 1 aliphatic heterocycles. The first kappa shape index (κ1) is 13.9. The van der Waals surface area contributed by atoms with Crippen LogP contribution in [0.5, 0.6) is 0 Å². The van der Waals surface area contributed by atoms with Gasteiger partial charge in [-0.3, -0.25) is 9.10 Å². The smallest absolute Gasteiger partial charge is 0.270 e. The van der Waals surface area contributed by atoms with Crippen LogP contribution in [0.2, 0.25) is 0 Å². The van der Waals surface area contributed by atoms with E-state index in [1.165, 1.54) is 0 Å². The molecule has 0 saturated carbocycles. The number of benzene rings is 1. The molecule has 1 aromatic carbocycles. The summed E-state index contributed by atoms with van der Waals surface area (Å²) in [5.41, 5.74) is -0.749. The Morgan fingerprint density at radius 3 is 2.35 bits per heavy atom. The average molecular weight is 284 g/mol. The van der Waals surface area contributed by atoms with Crippen LogP contribution in [0.25, 0.3) is 0 Å². The standard InChI is InChI=1S/C8H4F3NO2S2.H3N/c1-12-8(13)5-4(16(12,14)15)2-3(9)6(10)7(5)11;/h2H,1H3;1H3. The third-order valence-electron chi connectivity index (χ3n) is 2.26. The number of hydrogen-bond acceptors (Lipinski definition) is 4. The number of nitrogens with zero attached hydrogens (tertiary/aromatic N) is 1. The van der Waals surface area contributed by atoms with Gasteiger partial charge in [0.1, 0.15) is 8.68 Å². The van der Waals surface area contributed by atoms with E-state index in [-0.39, 0.29) is 6.15 Å². The molecule has 0 saturated heterocycles. The Balaban J connectivity index is 0.00000144. The lowest BCUT2D eigenvalue weighted by atomic mass is 10.2. The lowest BCUT2D eigenvalue weighted by Gasteiger charge is -2.08. The lowest BCUT2D eigenvalue weighted by Crippen LogP contribution is -2.24. The number of hydrogen-bond donors (Lipinski definition) is 1. The van der Waals surface area contributed by atoms with E-state index in [1.807, 2.05) is 0 Å². The average Bonchev–Trinajstić information content (AvgIpc) is 2.37. The van der Waals surface area contributed by atoms with Crippen molar-refractivity contribution in [1.29, 1.82) is 0 Å². The predicted octanol–water partition coefficient (Wildman–Crippen LogP) is 1.37. The maximum atomic E-state index is 13.3. The highest BCUT2D eigenvalue weighted by Crippen LogP contribution is 2.33. The van der Waals surface area contributed by atoms with Crippen LogP contribution in [-0.2, 0) is 19.9 Å². The second-order valence-electron chi connectivity index (χ2n) is 3.14. The quantitative estimate of drug-likeness (QED) is 0.730. The summed E-state index contributed by atoms with van der Waals surface area (Å²) in [7, 11) is -2.33. The van der Waals surface area contributed by atoms with E-state index in [1.54, 1.807) is 0 Å². The molecule has 0 spiro atoms. The normalized spacial score (nSPS) is 22.4. The van der Waals surface area contributed by atoms with Gasteiger partial charge in [0, 0.05) is 18.2 Å². The van der Waals surface area contributed by atoms with Gasteiger partial charge < -0.3 is 6.15 Å². The first-order valence-electron chi connectivity index (χ1n) is 3.99. The van der Waals surface area contributed by atoms with E-state index in [4.69, 9.17) is 0 Å². The number of amides is 1. The zero-order valence-corrected chi connectivity index (χ0v) is 10.1. The Hall–Kier alpha value is -1.19. The Kier molecular flexibility index (Phi) is 3.21. The van der Waals surface area contributed by atoms with Gasteiger partial charge in [-0.1, -0.05) is 0 Å². The zero-order valence-electron chi connectivity index (χ0n) is 8.50. The summed E-state index contributed by atoms with van der Waals surface area (Å²) in [6.07, 6.45) is 0. The summed E-state index contributed by atoms with van der Waals surface area (Å²) in [6, 6.07) is 0.504. The zero-order chi connectivity index (χ0) is 12.2. The third-order valence-corrected chi connectivity index (χ3v) is 5.24. The van der Waals surface area contributed by atoms with Crippen molar-refractivity contribution in [1.82, 2.24) is 10.5 Å². The van der Waals surface area contributed by atoms with E-state index in [0.717, 1.165) is 7.05 Å². The molecule has 94 valence electrons. The molecule has 9 heteroatoms. The van der Waals surface area contributed by atoms with Crippen molar-refractivity contribution in [2.24, 2.45) is 0 Å². The summed E-state index contributed by atoms with van der Waals surface area (Å²) in [5.74, 6) is -5.95. The van der Waals surface area contributed by atoms with Crippen molar-refractivity contribution in [2.45, 2.75) is 4.90 Å². The van der Waals surface area contributed by atoms with Crippen molar-refractivity contribution in [3.63, 3.8) is 0 Å². The molecular formula is C8H7F3N2O2S2. The second-order valence-corrected chi connectivity index (χ2v) is 6.43. The summed E-state index contributed by atoms with van der Waals surface area (Å²) in [5, 5.41) is 0. The SMILES string of the molecule is CN1C(=O)c2c(cc(F)c(F)c2F)S1(=O)=S.N. The molecule has 1 aliphatic rings. The summed E-state index contributed by atoms with van der Waals surface area (Å²) in [6.45, 7) is 0. The van der Waals surface area contributed by atoms with Crippen molar-refractivity contribution >= 4 is 25.8 Å². The van der Waals surface area contributed by atoms with Crippen LogP contribution < -0.4 is 6.15 Å². The minimum Gasteiger partial charge on any atom is -0.344 e. The Bertz CT molecular complexity index is 616. The summed E-state index contributed by atoms with van der Waals surface area (Å²) in [4.78, 5) is 11.0. The topological polar surface area (TPSA) is 72.4 Å². The van der Waals surface area contributed by atoms with Crippen molar-refractivity contribution in [3.8, 4) is 0 Å². The Morgan fingerprint density at radius 1 is 1.29 bits per heavy atom. The van der Waals surface area contributed by atoms with Crippen LogP contribution in [0.15, 0.2) is 11.0 Å². The first-order valence-corrected chi connectivity index (χ1v) is 6.43. The third kappa shape index (κ3) is 1.61. The van der Waals surface area contributed by atoms with Crippen LogP contribution >= 0.6 is 0 Å². The molecule has 1 heterocycles. The Labute approximate surface area is 99.8 Å². The summed E-state index contributed by atoms with van der Waals surface area (Å²) < 4.78 is 51.5. The molecule has 0 bridgehead atoms. The molecule has 0 aliphatic carbocycles. The van der Waals surface area contributed by atoms with Crippen LogP contribution in [0.3, 0.4) is 0 Å². The molecule has 0 aromatic heterocycles. The second kappa shape index (κ2) is 3.93. The van der Waals surface area contributed by atoms with Gasteiger partial charge in [-0.2, -0.15) is 0 Å². The van der Waals surface area contributed by atoms with E-state index < -0.39 is 42.5 Å². The molecule has 0 fully saturated rings. The molecule has 1 amide bonds. The number of halogens is 3. The number of carbonyl (C=O) groups is 1. The van der Waals surface area contributed by atoms with Gasteiger partial charge in [0.25, 0.3) is 5.91 Å². The van der Waals surface area contributed by atoms with Gasteiger partial charge in [0.15, 0.2) is 17.5 Å². The maximum Gasteiger partial charge on any atom is 0.270 e. The fraction of sp³-hybridized carbons (Fsp3) is 0.125. The van der Waals surface area contributed by atoms with Crippen LogP contribution in [0.4, 0.5) is 13.2 Å². The van der Waals surface area contributed by atoms with Crippen molar-refractivity contribution in [2.75, 3.05) is 7.05 Å². The molecule has 4 nitrogen and oxygen atoms in total. The minimum atomic E-state index is -3.42. The van der Waals surface area contributed by atoms with Gasteiger partial charge in [-0.25, -0.2) is 17.4 Å². The molecule has 17 heavy (non-hydrogen) atoms. The van der Waals surface area contributed by atoms with E-state index in [0.29, 0.717) is 10.4 Å². The molecule has 1 atom stereocenters. The van der Waals surface area contributed by atoms with Crippen LogP contribution in [0.1, 0.15) is 10.4 Å². The monoisotopic (exact) mass is 284 g/mol. The Morgan fingerprint density at radius 2 is 1.82 bits per heavy atom. The molecule has 1 unspecified atom stereocenters.